The van der Waals surface area contributed by atoms with E-state index in [0.29, 0.717) is 17.8 Å². The van der Waals surface area contributed by atoms with Gasteiger partial charge in [-0.05, 0) is 49.2 Å². The number of carbonyl (C=O) groups excluding carboxylic acids is 2. The van der Waals surface area contributed by atoms with E-state index < -0.39 is 5.97 Å². The predicted octanol–water partition coefficient (Wildman–Crippen LogP) is 3.98. The first-order valence-electron chi connectivity index (χ1n) is 9.02. The van der Waals surface area contributed by atoms with Gasteiger partial charge in [0.2, 0.25) is 5.91 Å². The average molecular weight is 387 g/mol. The van der Waals surface area contributed by atoms with Crippen LogP contribution in [0.15, 0.2) is 48.5 Å². The Balaban J connectivity index is 1.62. The molecule has 0 radical (unpaired) electrons. The molecule has 1 amide bonds. The van der Waals surface area contributed by atoms with Gasteiger partial charge in [0.1, 0.15) is 0 Å². The highest BCUT2D eigenvalue weighted by Gasteiger charge is 2.26. The molecule has 0 bridgehead atoms. The lowest BCUT2D eigenvalue weighted by molar-refractivity contribution is -0.121. The Morgan fingerprint density at radius 2 is 2.04 bits per heavy atom. The first kappa shape index (κ1) is 19.4. The summed E-state index contributed by atoms with van der Waals surface area (Å²) in [6.07, 6.45) is 1.81. The van der Waals surface area contributed by atoms with Gasteiger partial charge >= 0.3 is 5.97 Å². The predicted molar refractivity (Wildman–Crippen MR) is 106 cm³/mol. The van der Waals surface area contributed by atoms with Crippen LogP contribution in [0, 0.1) is 5.92 Å². The van der Waals surface area contributed by atoms with E-state index in [2.05, 4.69) is 10.2 Å². The maximum Gasteiger partial charge on any atom is 0.337 e. The molecular weight excluding hydrogens is 364 g/mol. The molecule has 1 heterocycles. The van der Waals surface area contributed by atoms with Gasteiger partial charge in [-0.3, -0.25) is 9.69 Å². The van der Waals surface area contributed by atoms with Crippen LogP contribution in [0.2, 0.25) is 5.02 Å². The summed E-state index contributed by atoms with van der Waals surface area (Å²) in [5.74, 6) is -0.543. The maximum absolute atomic E-state index is 12.7. The quantitative estimate of drug-likeness (QED) is 0.790. The third kappa shape index (κ3) is 5.08. The SMILES string of the molecule is COC(=O)c1cccc(NC(=O)C2CCCN(Cc3ccccc3Cl)C2)c1. The lowest BCUT2D eigenvalue weighted by Gasteiger charge is -2.32. The number of hydrogen-bond acceptors (Lipinski definition) is 4. The Hall–Kier alpha value is -2.37. The molecule has 2 aromatic carbocycles. The Labute approximate surface area is 164 Å². The zero-order valence-electron chi connectivity index (χ0n) is 15.3. The second-order valence-corrected chi connectivity index (χ2v) is 7.13. The summed E-state index contributed by atoms with van der Waals surface area (Å²) in [6, 6.07) is 14.6. The van der Waals surface area contributed by atoms with E-state index in [1.54, 1.807) is 24.3 Å². The number of nitrogens with one attached hydrogen (secondary N) is 1. The summed E-state index contributed by atoms with van der Waals surface area (Å²) in [5, 5.41) is 3.68. The van der Waals surface area contributed by atoms with Crippen LogP contribution in [0.4, 0.5) is 5.69 Å². The number of carbonyl (C=O) groups is 2. The molecule has 1 unspecified atom stereocenters. The van der Waals surface area contributed by atoms with Crippen LogP contribution in [-0.2, 0) is 16.1 Å². The van der Waals surface area contributed by atoms with Gasteiger partial charge in [-0.25, -0.2) is 4.79 Å². The van der Waals surface area contributed by atoms with Crippen LogP contribution in [0.3, 0.4) is 0 Å². The fraction of sp³-hybridized carbons (Fsp3) is 0.333. The topological polar surface area (TPSA) is 58.6 Å². The maximum atomic E-state index is 12.7. The fourth-order valence-corrected chi connectivity index (χ4v) is 3.56. The van der Waals surface area contributed by atoms with Gasteiger partial charge in [-0.15, -0.1) is 0 Å². The molecule has 1 N–H and O–H groups in total. The van der Waals surface area contributed by atoms with Gasteiger partial charge in [-0.2, -0.15) is 0 Å². The van der Waals surface area contributed by atoms with Crippen molar-refractivity contribution in [2.75, 3.05) is 25.5 Å². The van der Waals surface area contributed by atoms with Crippen molar-refractivity contribution >= 4 is 29.2 Å². The first-order valence-corrected chi connectivity index (χ1v) is 9.39. The zero-order chi connectivity index (χ0) is 19.2. The largest absolute Gasteiger partial charge is 0.465 e. The highest BCUT2D eigenvalue weighted by Crippen LogP contribution is 2.23. The molecule has 1 fully saturated rings. The zero-order valence-corrected chi connectivity index (χ0v) is 16.0. The minimum absolute atomic E-state index is 0.0270. The van der Waals surface area contributed by atoms with E-state index in [-0.39, 0.29) is 11.8 Å². The molecular formula is C21H23ClN2O3. The van der Waals surface area contributed by atoms with Crippen molar-refractivity contribution in [3.8, 4) is 0 Å². The Morgan fingerprint density at radius 1 is 1.22 bits per heavy atom. The van der Waals surface area contributed by atoms with Crippen LogP contribution in [-0.4, -0.2) is 37.0 Å². The van der Waals surface area contributed by atoms with Crippen LogP contribution in [0.25, 0.3) is 0 Å². The molecule has 1 aliphatic rings. The average Bonchev–Trinajstić information content (AvgIpc) is 2.69. The number of esters is 1. The summed E-state index contributed by atoms with van der Waals surface area (Å²) >= 11 is 6.26. The van der Waals surface area contributed by atoms with Crippen molar-refractivity contribution < 1.29 is 14.3 Å². The molecule has 6 heteroatoms. The lowest BCUT2D eigenvalue weighted by Crippen LogP contribution is -2.40. The highest BCUT2D eigenvalue weighted by molar-refractivity contribution is 6.31. The van der Waals surface area contributed by atoms with Gasteiger partial charge in [0.05, 0.1) is 18.6 Å². The molecule has 3 rings (SSSR count). The summed E-state index contributed by atoms with van der Waals surface area (Å²) in [4.78, 5) is 26.6. The number of hydrogen-bond donors (Lipinski definition) is 1. The third-order valence-corrected chi connectivity index (χ3v) is 5.15. The van der Waals surface area contributed by atoms with Crippen molar-refractivity contribution in [3.63, 3.8) is 0 Å². The molecule has 27 heavy (non-hydrogen) atoms. The van der Waals surface area contributed by atoms with Crippen LogP contribution >= 0.6 is 11.6 Å². The molecule has 1 atom stereocenters. The molecule has 0 spiro atoms. The van der Waals surface area contributed by atoms with E-state index in [9.17, 15) is 9.59 Å². The van der Waals surface area contributed by atoms with Crippen molar-refractivity contribution in [1.29, 1.82) is 0 Å². The number of likely N-dealkylation sites (tertiary alicyclic amines) is 1. The van der Waals surface area contributed by atoms with Crippen molar-refractivity contribution in [2.45, 2.75) is 19.4 Å². The summed E-state index contributed by atoms with van der Waals surface area (Å²) in [7, 11) is 1.34. The van der Waals surface area contributed by atoms with Gasteiger partial charge in [0, 0.05) is 23.8 Å². The highest BCUT2D eigenvalue weighted by atomic mass is 35.5. The number of amides is 1. The second kappa shape index (κ2) is 9.02. The number of anilines is 1. The number of piperidine rings is 1. The van der Waals surface area contributed by atoms with E-state index in [1.807, 2.05) is 24.3 Å². The standard InChI is InChI=1S/C21H23ClN2O3/c1-27-21(26)15-7-4-9-18(12-15)23-20(25)17-8-5-11-24(14-17)13-16-6-2-3-10-19(16)22/h2-4,6-7,9-10,12,17H,5,8,11,13-14H2,1H3,(H,23,25). The Bertz CT molecular complexity index is 825. The van der Waals surface area contributed by atoms with E-state index >= 15 is 0 Å². The summed E-state index contributed by atoms with van der Waals surface area (Å²) in [5.41, 5.74) is 2.09. The molecule has 1 aliphatic heterocycles. The number of methoxy groups -OCH3 is 1. The van der Waals surface area contributed by atoms with Crippen LogP contribution in [0.1, 0.15) is 28.8 Å². The van der Waals surface area contributed by atoms with E-state index in [4.69, 9.17) is 16.3 Å². The summed E-state index contributed by atoms with van der Waals surface area (Å²) in [6.45, 7) is 2.38. The smallest absolute Gasteiger partial charge is 0.337 e. The Morgan fingerprint density at radius 3 is 2.81 bits per heavy atom. The minimum Gasteiger partial charge on any atom is -0.465 e. The van der Waals surface area contributed by atoms with Crippen LogP contribution in [0.5, 0.6) is 0 Å². The van der Waals surface area contributed by atoms with Crippen molar-refractivity contribution in [1.82, 2.24) is 4.90 Å². The molecule has 1 saturated heterocycles. The number of nitrogens with zero attached hydrogens (tertiary/aromatic N) is 1. The fourth-order valence-electron chi connectivity index (χ4n) is 3.37. The third-order valence-electron chi connectivity index (χ3n) is 4.78. The number of benzene rings is 2. The first-order chi connectivity index (χ1) is 13.1. The molecule has 0 aromatic heterocycles. The van der Waals surface area contributed by atoms with Crippen molar-refractivity contribution in [3.05, 3.63) is 64.7 Å². The van der Waals surface area contributed by atoms with Crippen molar-refractivity contribution in [2.24, 2.45) is 5.92 Å². The lowest BCUT2D eigenvalue weighted by atomic mass is 9.96. The van der Waals surface area contributed by atoms with Gasteiger partial charge in [0.25, 0.3) is 0 Å². The van der Waals surface area contributed by atoms with E-state index in [0.717, 1.165) is 36.5 Å². The monoisotopic (exact) mass is 386 g/mol. The number of halogens is 1. The number of rotatable bonds is 5. The van der Waals surface area contributed by atoms with E-state index in [1.165, 1.54) is 7.11 Å². The minimum atomic E-state index is -0.422. The second-order valence-electron chi connectivity index (χ2n) is 6.73. The van der Waals surface area contributed by atoms with Gasteiger partial charge < -0.3 is 10.1 Å². The molecule has 0 aliphatic carbocycles. The summed E-state index contributed by atoms with van der Waals surface area (Å²) < 4.78 is 4.72. The van der Waals surface area contributed by atoms with Gasteiger partial charge in [0.15, 0.2) is 0 Å². The molecule has 142 valence electrons. The molecule has 2 aromatic rings. The molecule has 5 nitrogen and oxygen atoms in total. The number of ether oxygens (including phenoxy) is 1. The molecule has 0 saturated carbocycles. The van der Waals surface area contributed by atoms with Gasteiger partial charge in [-0.1, -0.05) is 35.9 Å². The normalized spacial score (nSPS) is 17.3. The van der Waals surface area contributed by atoms with Crippen LogP contribution < -0.4 is 5.32 Å². The Kier molecular flexibility index (Phi) is 6.48.